The molecule has 0 radical (unpaired) electrons. The van der Waals surface area contributed by atoms with E-state index in [4.69, 9.17) is 0 Å². The van der Waals surface area contributed by atoms with Crippen molar-refractivity contribution in [2.24, 2.45) is 0 Å². The normalized spacial score (nSPS) is 21.4. The largest absolute Gasteiger partial charge is 0.387 e. The van der Waals surface area contributed by atoms with Gasteiger partial charge in [0.2, 0.25) is 0 Å². The first kappa shape index (κ1) is 14.2. The molecule has 1 saturated heterocycles. The van der Waals surface area contributed by atoms with E-state index in [-0.39, 0.29) is 5.91 Å². The molecule has 0 bridgehead atoms. The van der Waals surface area contributed by atoms with Gasteiger partial charge in [-0.2, -0.15) is 11.8 Å². The highest BCUT2D eigenvalue weighted by atomic mass is 32.2. The van der Waals surface area contributed by atoms with E-state index in [9.17, 15) is 9.90 Å². The van der Waals surface area contributed by atoms with E-state index in [1.807, 2.05) is 41.2 Å². The monoisotopic (exact) mass is 302 g/mol. The van der Waals surface area contributed by atoms with Crippen LogP contribution in [-0.4, -0.2) is 39.2 Å². The molecule has 1 aliphatic heterocycles. The van der Waals surface area contributed by atoms with E-state index in [1.165, 1.54) is 0 Å². The van der Waals surface area contributed by atoms with Crippen molar-refractivity contribution in [2.75, 3.05) is 18.1 Å². The molecule has 21 heavy (non-hydrogen) atoms. The molecule has 0 saturated carbocycles. The number of aliphatic hydroxyl groups is 1. The summed E-state index contributed by atoms with van der Waals surface area (Å²) in [5.74, 6) is 1.51. The molecule has 1 fully saturated rings. The molecule has 5 heteroatoms. The first-order valence-corrected chi connectivity index (χ1v) is 8.14. The van der Waals surface area contributed by atoms with Gasteiger partial charge in [0, 0.05) is 35.9 Å². The Balaban J connectivity index is 1.62. The molecule has 1 aliphatic rings. The average Bonchev–Trinajstić information content (AvgIpc) is 3.17. The van der Waals surface area contributed by atoms with Gasteiger partial charge in [0.1, 0.15) is 0 Å². The second kappa shape index (κ2) is 5.95. The van der Waals surface area contributed by atoms with Crippen LogP contribution in [0.3, 0.4) is 0 Å². The van der Waals surface area contributed by atoms with E-state index in [1.54, 1.807) is 23.9 Å². The summed E-state index contributed by atoms with van der Waals surface area (Å²) in [5, 5.41) is 13.0. The molecule has 3 rings (SSSR count). The first-order valence-electron chi connectivity index (χ1n) is 6.98. The van der Waals surface area contributed by atoms with Crippen molar-refractivity contribution in [1.82, 2.24) is 9.88 Å². The van der Waals surface area contributed by atoms with Gasteiger partial charge in [0.25, 0.3) is 5.91 Å². The van der Waals surface area contributed by atoms with Gasteiger partial charge in [-0.1, -0.05) is 0 Å². The maximum Gasteiger partial charge on any atom is 0.251 e. The van der Waals surface area contributed by atoms with Gasteiger partial charge in [-0.05, 0) is 48.6 Å². The molecular formula is C16H18N2O2S. The first-order chi connectivity index (χ1) is 10.2. The number of rotatable bonds is 4. The minimum atomic E-state index is -0.745. The molecule has 0 spiro atoms. The molecule has 110 valence electrons. The lowest BCUT2D eigenvalue weighted by molar-refractivity contribution is 0.0612. The highest BCUT2D eigenvalue weighted by Gasteiger charge is 2.31. The Hall–Kier alpha value is -1.72. The highest BCUT2D eigenvalue weighted by molar-refractivity contribution is 7.99. The minimum absolute atomic E-state index is 0.139. The number of carbonyl (C=O) groups excluding carboxylic acids is 1. The lowest BCUT2D eigenvalue weighted by Gasteiger charge is -2.21. The van der Waals surface area contributed by atoms with Crippen LogP contribution in [-0.2, 0) is 0 Å². The maximum absolute atomic E-state index is 12.1. The topological polar surface area (TPSA) is 54.3 Å². The molecule has 1 aromatic heterocycles. The number of benzene rings is 1. The Morgan fingerprint density at radius 2 is 2.00 bits per heavy atom. The fourth-order valence-electron chi connectivity index (χ4n) is 2.37. The zero-order valence-corrected chi connectivity index (χ0v) is 12.5. The average molecular weight is 302 g/mol. The van der Waals surface area contributed by atoms with Crippen LogP contribution in [0.4, 0.5) is 0 Å². The van der Waals surface area contributed by atoms with E-state index in [2.05, 4.69) is 5.32 Å². The number of hydrogen-bond donors (Lipinski definition) is 2. The van der Waals surface area contributed by atoms with Crippen LogP contribution in [0.2, 0.25) is 0 Å². The molecule has 1 amide bonds. The summed E-state index contributed by atoms with van der Waals surface area (Å²) in [6.45, 7) is 0.318. The van der Waals surface area contributed by atoms with E-state index in [0.717, 1.165) is 17.9 Å². The standard InChI is InChI=1S/C16H18N2O2S/c19-15(17-11-16(20)7-10-21-12-16)13-3-5-14(6-4-13)18-8-1-2-9-18/h1-6,8-9,20H,7,10-12H2,(H,17,19). The predicted octanol–water partition coefficient (Wildman–Crippen LogP) is 2.08. The Morgan fingerprint density at radius 3 is 2.62 bits per heavy atom. The Labute approximate surface area is 128 Å². The second-order valence-electron chi connectivity index (χ2n) is 5.35. The lowest BCUT2D eigenvalue weighted by Crippen LogP contribution is -2.42. The third-order valence-electron chi connectivity index (χ3n) is 3.69. The van der Waals surface area contributed by atoms with Crippen molar-refractivity contribution in [3.8, 4) is 5.69 Å². The minimum Gasteiger partial charge on any atom is -0.387 e. The van der Waals surface area contributed by atoms with Gasteiger partial charge in [0.05, 0.1) is 5.60 Å². The van der Waals surface area contributed by atoms with E-state index in [0.29, 0.717) is 17.9 Å². The molecule has 2 aromatic rings. The predicted molar refractivity (Wildman–Crippen MR) is 85.0 cm³/mol. The van der Waals surface area contributed by atoms with Crippen LogP contribution in [0.1, 0.15) is 16.8 Å². The molecule has 0 aliphatic carbocycles. The maximum atomic E-state index is 12.1. The summed E-state index contributed by atoms with van der Waals surface area (Å²) in [6.07, 6.45) is 4.66. The number of nitrogens with one attached hydrogen (secondary N) is 1. The van der Waals surface area contributed by atoms with Crippen molar-refractivity contribution < 1.29 is 9.90 Å². The summed E-state index contributed by atoms with van der Waals surface area (Å²) >= 11 is 1.72. The molecular weight excluding hydrogens is 284 g/mol. The summed E-state index contributed by atoms with van der Waals surface area (Å²) in [4.78, 5) is 12.1. The van der Waals surface area contributed by atoms with Crippen LogP contribution < -0.4 is 5.32 Å². The van der Waals surface area contributed by atoms with Crippen molar-refractivity contribution in [1.29, 1.82) is 0 Å². The Kier molecular flexibility index (Phi) is 4.03. The summed E-state index contributed by atoms with van der Waals surface area (Å²) in [7, 11) is 0. The molecule has 1 unspecified atom stereocenters. The summed E-state index contributed by atoms with van der Waals surface area (Å²) in [6, 6.07) is 11.3. The van der Waals surface area contributed by atoms with Crippen LogP contribution in [0.25, 0.3) is 5.69 Å². The molecule has 1 aromatic carbocycles. The van der Waals surface area contributed by atoms with Crippen molar-refractivity contribution in [3.05, 3.63) is 54.4 Å². The van der Waals surface area contributed by atoms with Crippen molar-refractivity contribution in [2.45, 2.75) is 12.0 Å². The molecule has 4 nitrogen and oxygen atoms in total. The fraction of sp³-hybridized carbons (Fsp3) is 0.312. The lowest BCUT2D eigenvalue weighted by atomic mass is 10.0. The van der Waals surface area contributed by atoms with Gasteiger partial charge in [0.15, 0.2) is 0 Å². The third kappa shape index (κ3) is 3.31. The highest BCUT2D eigenvalue weighted by Crippen LogP contribution is 2.27. The van der Waals surface area contributed by atoms with Gasteiger partial charge >= 0.3 is 0 Å². The smallest absolute Gasteiger partial charge is 0.251 e. The van der Waals surface area contributed by atoms with Gasteiger partial charge < -0.3 is 15.0 Å². The Bertz CT molecular complexity index is 602. The quantitative estimate of drug-likeness (QED) is 0.909. The SMILES string of the molecule is O=C(NCC1(O)CCSC1)c1ccc(-n2cccc2)cc1. The molecule has 1 atom stereocenters. The number of thioether (sulfide) groups is 1. The van der Waals surface area contributed by atoms with Crippen LogP contribution in [0.5, 0.6) is 0 Å². The number of aromatic nitrogens is 1. The zero-order valence-electron chi connectivity index (χ0n) is 11.7. The van der Waals surface area contributed by atoms with Crippen LogP contribution in [0, 0.1) is 0 Å². The fourth-order valence-corrected chi connectivity index (χ4v) is 3.67. The Morgan fingerprint density at radius 1 is 1.29 bits per heavy atom. The summed E-state index contributed by atoms with van der Waals surface area (Å²) < 4.78 is 1.99. The van der Waals surface area contributed by atoms with Crippen LogP contribution >= 0.6 is 11.8 Å². The number of nitrogens with zero attached hydrogens (tertiary/aromatic N) is 1. The molecule has 2 N–H and O–H groups in total. The molecule has 2 heterocycles. The number of amides is 1. The van der Waals surface area contributed by atoms with E-state index < -0.39 is 5.60 Å². The summed E-state index contributed by atoms with van der Waals surface area (Å²) in [5.41, 5.74) is 0.883. The van der Waals surface area contributed by atoms with Gasteiger partial charge in [-0.25, -0.2) is 0 Å². The second-order valence-corrected chi connectivity index (χ2v) is 6.45. The van der Waals surface area contributed by atoms with Crippen LogP contribution in [0.15, 0.2) is 48.8 Å². The zero-order chi connectivity index (χ0) is 14.7. The number of carbonyl (C=O) groups is 1. The van der Waals surface area contributed by atoms with Crippen molar-refractivity contribution in [3.63, 3.8) is 0 Å². The van der Waals surface area contributed by atoms with Crippen molar-refractivity contribution >= 4 is 17.7 Å². The van der Waals surface area contributed by atoms with Gasteiger partial charge in [-0.15, -0.1) is 0 Å². The number of hydrogen-bond acceptors (Lipinski definition) is 3. The van der Waals surface area contributed by atoms with E-state index >= 15 is 0 Å². The third-order valence-corrected chi connectivity index (χ3v) is 4.93. The van der Waals surface area contributed by atoms with Gasteiger partial charge in [-0.3, -0.25) is 4.79 Å².